The van der Waals surface area contributed by atoms with Crippen LogP contribution in [0.3, 0.4) is 0 Å². The SMILES string of the molecule is CC1CC1CNC(=O)NC(Cc1cnc[nH]1)C(=O)O. The number of carbonyl (C=O) groups is 2. The number of hydrogen-bond donors (Lipinski definition) is 4. The summed E-state index contributed by atoms with van der Waals surface area (Å²) >= 11 is 0. The van der Waals surface area contributed by atoms with E-state index in [1.165, 1.54) is 6.33 Å². The largest absolute Gasteiger partial charge is 0.480 e. The predicted octanol–water partition coefficient (Wildman–Crippen LogP) is 0.361. The maximum atomic E-state index is 11.6. The van der Waals surface area contributed by atoms with Crippen molar-refractivity contribution < 1.29 is 14.7 Å². The monoisotopic (exact) mass is 266 g/mol. The van der Waals surface area contributed by atoms with Crippen molar-refractivity contribution in [2.75, 3.05) is 6.54 Å². The first-order chi connectivity index (χ1) is 9.06. The number of H-pyrrole nitrogens is 1. The number of aliphatic carboxylic acids is 1. The lowest BCUT2D eigenvalue weighted by atomic mass is 10.2. The van der Waals surface area contributed by atoms with Crippen LogP contribution in [0, 0.1) is 11.8 Å². The van der Waals surface area contributed by atoms with Crippen molar-refractivity contribution >= 4 is 12.0 Å². The second-order valence-corrected chi connectivity index (χ2v) is 5.00. The molecule has 0 bridgehead atoms. The highest BCUT2D eigenvalue weighted by atomic mass is 16.4. The molecule has 7 heteroatoms. The van der Waals surface area contributed by atoms with Crippen LogP contribution in [0.4, 0.5) is 4.79 Å². The van der Waals surface area contributed by atoms with Crippen LogP contribution in [-0.4, -0.2) is 39.7 Å². The minimum Gasteiger partial charge on any atom is -0.480 e. The Kier molecular flexibility index (Phi) is 4.03. The topological polar surface area (TPSA) is 107 Å². The lowest BCUT2D eigenvalue weighted by molar-refractivity contribution is -0.139. The minimum atomic E-state index is -1.07. The molecular formula is C12H18N4O3. The predicted molar refractivity (Wildman–Crippen MR) is 67.5 cm³/mol. The number of aromatic amines is 1. The van der Waals surface area contributed by atoms with E-state index >= 15 is 0 Å². The summed E-state index contributed by atoms with van der Waals surface area (Å²) in [5.41, 5.74) is 0.670. The van der Waals surface area contributed by atoms with Crippen LogP contribution in [0.2, 0.25) is 0 Å². The van der Waals surface area contributed by atoms with Gasteiger partial charge in [-0.25, -0.2) is 14.6 Å². The molecule has 2 rings (SSSR count). The van der Waals surface area contributed by atoms with Gasteiger partial charge in [0.25, 0.3) is 0 Å². The lowest BCUT2D eigenvalue weighted by Gasteiger charge is -2.14. The zero-order valence-corrected chi connectivity index (χ0v) is 10.7. The van der Waals surface area contributed by atoms with Gasteiger partial charge in [-0.15, -0.1) is 0 Å². The van der Waals surface area contributed by atoms with Crippen molar-refractivity contribution in [1.82, 2.24) is 20.6 Å². The first-order valence-electron chi connectivity index (χ1n) is 6.30. The summed E-state index contributed by atoms with van der Waals surface area (Å²) in [7, 11) is 0. The van der Waals surface area contributed by atoms with E-state index in [-0.39, 0.29) is 6.42 Å². The molecule has 19 heavy (non-hydrogen) atoms. The van der Waals surface area contributed by atoms with Gasteiger partial charge < -0.3 is 20.7 Å². The van der Waals surface area contributed by atoms with Gasteiger partial charge in [-0.05, 0) is 18.3 Å². The third kappa shape index (κ3) is 3.97. The average Bonchev–Trinajstić information content (AvgIpc) is 2.85. The number of imidazole rings is 1. The molecule has 1 aliphatic rings. The molecule has 1 aliphatic carbocycles. The van der Waals surface area contributed by atoms with Gasteiger partial charge >= 0.3 is 12.0 Å². The molecule has 1 aromatic rings. The molecule has 0 aliphatic heterocycles. The summed E-state index contributed by atoms with van der Waals surface area (Å²) in [5, 5.41) is 14.2. The van der Waals surface area contributed by atoms with E-state index in [1.54, 1.807) is 6.20 Å². The second kappa shape index (κ2) is 5.73. The smallest absolute Gasteiger partial charge is 0.326 e. The van der Waals surface area contributed by atoms with Gasteiger partial charge in [0.1, 0.15) is 6.04 Å². The van der Waals surface area contributed by atoms with Crippen molar-refractivity contribution in [3.8, 4) is 0 Å². The van der Waals surface area contributed by atoms with E-state index in [4.69, 9.17) is 5.11 Å². The van der Waals surface area contributed by atoms with Gasteiger partial charge in [0.2, 0.25) is 0 Å². The standard InChI is InChI=1S/C12H18N4O3/c1-7-2-8(7)4-14-12(19)16-10(11(17)18)3-9-5-13-6-15-9/h5-8,10H,2-4H2,1H3,(H,13,15)(H,17,18)(H2,14,16,19). The molecule has 104 valence electrons. The molecule has 1 fully saturated rings. The fourth-order valence-electron chi connectivity index (χ4n) is 1.93. The minimum absolute atomic E-state index is 0.183. The summed E-state index contributed by atoms with van der Waals surface area (Å²) in [4.78, 5) is 29.3. The van der Waals surface area contributed by atoms with Gasteiger partial charge in [-0.2, -0.15) is 0 Å². The number of nitrogens with one attached hydrogen (secondary N) is 3. The van der Waals surface area contributed by atoms with Crippen molar-refractivity contribution in [2.45, 2.75) is 25.8 Å². The zero-order chi connectivity index (χ0) is 13.8. The fourth-order valence-corrected chi connectivity index (χ4v) is 1.93. The van der Waals surface area contributed by atoms with Gasteiger partial charge in [0.05, 0.1) is 6.33 Å². The quantitative estimate of drug-likeness (QED) is 0.596. The highest BCUT2D eigenvalue weighted by Gasteiger charge is 2.32. The van der Waals surface area contributed by atoms with Gasteiger partial charge in [-0.1, -0.05) is 6.92 Å². The normalized spacial score (nSPS) is 22.6. The first-order valence-corrected chi connectivity index (χ1v) is 6.30. The number of nitrogens with zero attached hydrogens (tertiary/aromatic N) is 1. The van der Waals surface area contributed by atoms with Crippen molar-refractivity contribution in [1.29, 1.82) is 0 Å². The van der Waals surface area contributed by atoms with Gasteiger partial charge in [0.15, 0.2) is 0 Å². The van der Waals surface area contributed by atoms with Crippen LogP contribution < -0.4 is 10.6 Å². The lowest BCUT2D eigenvalue weighted by Crippen LogP contribution is -2.47. The van der Waals surface area contributed by atoms with Crippen molar-refractivity contribution in [3.63, 3.8) is 0 Å². The second-order valence-electron chi connectivity index (χ2n) is 5.00. The molecule has 0 spiro atoms. The Morgan fingerprint density at radius 2 is 2.37 bits per heavy atom. The third-order valence-electron chi connectivity index (χ3n) is 3.38. The molecule has 3 atom stereocenters. The van der Waals surface area contributed by atoms with E-state index < -0.39 is 18.0 Å². The van der Waals surface area contributed by atoms with Crippen LogP contribution >= 0.6 is 0 Å². The summed E-state index contributed by atoms with van der Waals surface area (Å²) in [6.45, 7) is 2.73. The highest BCUT2D eigenvalue weighted by Crippen LogP contribution is 2.36. The molecule has 3 unspecified atom stereocenters. The summed E-state index contributed by atoms with van der Waals surface area (Å²) in [5.74, 6) is 0.117. The Bertz CT molecular complexity index is 446. The van der Waals surface area contributed by atoms with E-state index in [0.29, 0.717) is 24.1 Å². The average molecular weight is 266 g/mol. The Hall–Kier alpha value is -2.05. The van der Waals surface area contributed by atoms with Crippen molar-refractivity contribution in [3.05, 3.63) is 18.2 Å². The number of carboxylic acids is 1. The molecule has 1 heterocycles. The summed E-state index contributed by atoms with van der Waals surface area (Å²) in [6.07, 6.45) is 4.32. The van der Waals surface area contributed by atoms with E-state index in [2.05, 4.69) is 27.5 Å². The number of amides is 2. The van der Waals surface area contributed by atoms with Crippen LogP contribution in [0.5, 0.6) is 0 Å². The molecular weight excluding hydrogens is 248 g/mol. The van der Waals surface area contributed by atoms with Gasteiger partial charge in [-0.3, -0.25) is 0 Å². The first kappa shape index (κ1) is 13.4. The number of carboxylic acid groups (broad SMARTS) is 1. The Morgan fingerprint density at radius 1 is 1.63 bits per heavy atom. The van der Waals surface area contributed by atoms with Crippen LogP contribution in [0.25, 0.3) is 0 Å². The summed E-state index contributed by atoms with van der Waals surface area (Å²) < 4.78 is 0. The highest BCUT2D eigenvalue weighted by molar-refractivity contribution is 5.82. The Balaban J connectivity index is 1.78. The van der Waals surface area contributed by atoms with Gasteiger partial charge in [0, 0.05) is 24.9 Å². The molecule has 1 saturated carbocycles. The van der Waals surface area contributed by atoms with E-state index in [1.807, 2.05) is 0 Å². The number of urea groups is 1. The number of rotatable bonds is 6. The molecule has 1 aromatic heterocycles. The Morgan fingerprint density at radius 3 is 2.89 bits per heavy atom. The van der Waals surface area contributed by atoms with E-state index in [0.717, 1.165) is 6.42 Å². The fraction of sp³-hybridized carbons (Fsp3) is 0.583. The number of carbonyl (C=O) groups excluding carboxylic acids is 1. The van der Waals surface area contributed by atoms with Crippen LogP contribution in [0.15, 0.2) is 12.5 Å². The Labute approximate surface area is 110 Å². The molecule has 0 saturated heterocycles. The maximum Gasteiger partial charge on any atom is 0.326 e. The van der Waals surface area contributed by atoms with Crippen LogP contribution in [-0.2, 0) is 11.2 Å². The summed E-state index contributed by atoms with van der Waals surface area (Å²) in [6, 6.07) is -1.40. The molecule has 0 radical (unpaired) electrons. The number of aromatic nitrogens is 2. The molecule has 7 nitrogen and oxygen atoms in total. The third-order valence-corrected chi connectivity index (χ3v) is 3.38. The zero-order valence-electron chi connectivity index (χ0n) is 10.7. The van der Waals surface area contributed by atoms with Crippen molar-refractivity contribution in [2.24, 2.45) is 11.8 Å². The maximum absolute atomic E-state index is 11.6. The molecule has 2 amide bonds. The van der Waals surface area contributed by atoms with E-state index in [9.17, 15) is 9.59 Å². The number of hydrogen-bond acceptors (Lipinski definition) is 3. The molecule has 4 N–H and O–H groups in total. The van der Waals surface area contributed by atoms with Crippen LogP contribution in [0.1, 0.15) is 19.0 Å². The molecule has 0 aromatic carbocycles.